The summed E-state index contributed by atoms with van der Waals surface area (Å²) in [4.78, 5) is 16.3. The first-order valence-electron chi connectivity index (χ1n) is 6.57. The van der Waals surface area contributed by atoms with Crippen LogP contribution in [0.2, 0.25) is 0 Å². The molecule has 0 fully saturated rings. The largest absolute Gasteiger partial charge is 0.354 e. The lowest BCUT2D eigenvalue weighted by Crippen LogP contribution is -2.36. The molecule has 0 saturated heterocycles. The van der Waals surface area contributed by atoms with Crippen molar-refractivity contribution in [1.29, 1.82) is 0 Å². The van der Waals surface area contributed by atoms with E-state index in [1.807, 2.05) is 43.5 Å². The summed E-state index contributed by atoms with van der Waals surface area (Å²) in [6, 6.07) is 7.08. The van der Waals surface area contributed by atoms with Crippen molar-refractivity contribution in [2.75, 3.05) is 6.54 Å². The molecule has 0 aliphatic carbocycles. The third kappa shape index (κ3) is 3.65. The summed E-state index contributed by atoms with van der Waals surface area (Å²) in [5.74, 6) is 0.0430. The van der Waals surface area contributed by atoms with Gasteiger partial charge in [-0.1, -0.05) is 36.8 Å². The van der Waals surface area contributed by atoms with E-state index < -0.39 is 6.04 Å². The number of thiazole rings is 1. The SMILES string of the molecule is Cc1ccc(C(N)C(=O)NCC(C)c2nccs2)cc1. The Morgan fingerprint density at radius 3 is 2.70 bits per heavy atom. The monoisotopic (exact) mass is 289 g/mol. The maximum atomic E-state index is 12.0. The molecule has 2 unspecified atom stereocenters. The van der Waals surface area contributed by atoms with Crippen LogP contribution < -0.4 is 11.1 Å². The predicted molar refractivity (Wildman–Crippen MR) is 81.6 cm³/mol. The Labute approximate surface area is 123 Å². The van der Waals surface area contributed by atoms with Gasteiger partial charge in [-0.05, 0) is 12.5 Å². The van der Waals surface area contributed by atoms with Gasteiger partial charge in [0.25, 0.3) is 0 Å². The van der Waals surface area contributed by atoms with Crippen molar-refractivity contribution in [3.63, 3.8) is 0 Å². The molecule has 0 spiro atoms. The number of hydrogen-bond acceptors (Lipinski definition) is 4. The maximum absolute atomic E-state index is 12.0. The molecule has 0 saturated carbocycles. The molecule has 0 bridgehead atoms. The van der Waals surface area contributed by atoms with Gasteiger partial charge in [-0.2, -0.15) is 0 Å². The number of amides is 1. The Bertz CT molecular complexity index is 551. The van der Waals surface area contributed by atoms with Crippen molar-refractivity contribution in [2.45, 2.75) is 25.8 Å². The zero-order valence-corrected chi connectivity index (χ0v) is 12.5. The molecule has 2 rings (SSSR count). The molecule has 1 amide bonds. The van der Waals surface area contributed by atoms with Gasteiger partial charge in [-0.15, -0.1) is 11.3 Å². The standard InChI is InChI=1S/C15H19N3OS/c1-10-3-5-12(6-4-10)13(16)14(19)18-9-11(2)15-17-7-8-20-15/h3-8,11,13H,9,16H2,1-2H3,(H,18,19). The van der Waals surface area contributed by atoms with E-state index in [0.29, 0.717) is 6.54 Å². The lowest BCUT2D eigenvalue weighted by Gasteiger charge is -2.15. The predicted octanol–water partition coefficient (Wildman–Crippen LogP) is 2.37. The molecule has 20 heavy (non-hydrogen) atoms. The molecule has 4 nitrogen and oxygen atoms in total. The Morgan fingerprint density at radius 2 is 2.10 bits per heavy atom. The Balaban J connectivity index is 1.90. The zero-order chi connectivity index (χ0) is 14.5. The van der Waals surface area contributed by atoms with Gasteiger partial charge in [0.05, 0.1) is 5.01 Å². The van der Waals surface area contributed by atoms with E-state index in [1.54, 1.807) is 17.5 Å². The molecule has 5 heteroatoms. The van der Waals surface area contributed by atoms with Crippen LogP contribution in [-0.2, 0) is 4.79 Å². The number of rotatable bonds is 5. The lowest BCUT2D eigenvalue weighted by molar-refractivity contribution is -0.122. The fourth-order valence-corrected chi connectivity index (χ4v) is 2.55. The first kappa shape index (κ1) is 14.7. The Morgan fingerprint density at radius 1 is 1.40 bits per heavy atom. The van der Waals surface area contributed by atoms with Gasteiger partial charge in [0.1, 0.15) is 6.04 Å². The fourth-order valence-electron chi connectivity index (χ4n) is 1.85. The topological polar surface area (TPSA) is 68.0 Å². The van der Waals surface area contributed by atoms with Crippen LogP contribution >= 0.6 is 11.3 Å². The number of nitrogens with one attached hydrogen (secondary N) is 1. The molecular weight excluding hydrogens is 270 g/mol. The first-order chi connectivity index (χ1) is 9.58. The highest BCUT2D eigenvalue weighted by molar-refractivity contribution is 7.09. The van der Waals surface area contributed by atoms with Gasteiger partial charge in [0, 0.05) is 24.0 Å². The van der Waals surface area contributed by atoms with Gasteiger partial charge < -0.3 is 11.1 Å². The summed E-state index contributed by atoms with van der Waals surface area (Å²) in [5.41, 5.74) is 7.95. The molecule has 1 aromatic heterocycles. The van der Waals surface area contributed by atoms with Crippen LogP contribution in [-0.4, -0.2) is 17.4 Å². The van der Waals surface area contributed by atoms with Crippen LogP contribution in [0.4, 0.5) is 0 Å². The molecular formula is C15H19N3OS. The van der Waals surface area contributed by atoms with E-state index in [1.165, 1.54) is 0 Å². The number of carbonyl (C=O) groups excluding carboxylic acids is 1. The van der Waals surface area contributed by atoms with E-state index in [0.717, 1.165) is 16.1 Å². The molecule has 0 aliphatic rings. The number of nitrogens with zero attached hydrogens (tertiary/aromatic N) is 1. The molecule has 0 radical (unpaired) electrons. The summed E-state index contributed by atoms with van der Waals surface area (Å²) in [7, 11) is 0. The van der Waals surface area contributed by atoms with Crippen molar-refractivity contribution in [3.8, 4) is 0 Å². The molecule has 1 aromatic carbocycles. The summed E-state index contributed by atoms with van der Waals surface area (Å²) in [6.45, 7) is 4.59. The van der Waals surface area contributed by atoms with Crippen LogP contribution in [0, 0.1) is 6.92 Å². The average molecular weight is 289 g/mol. The van der Waals surface area contributed by atoms with E-state index in [-0.39, 0.29) is 11.8 Å². The Kier molecular flexibility index (Phi) is 4.87. The second-order valence-electron chi connectivity index (χ2n) is 4.90. The van der Waals surface area contributed by atoms with Crippen LogP contribution in [0.15, 0.2) is 35.8 Å². The van der Waals surface area contributed by atoms with Gasteiger partial charge >= 0.3 is 0 Å². The van der Waals surface area contributed by atoms with Crippen LogP contribution in [0.3, 0.4) is 0 Å². The number of benzene rings is 1. The molecule has 1 heterocycles. The number of carbonyl (C=O) groups is 1. The summed E-state index contributed by atoms with van der Waals surface area (Å²) in [6.07, 6.45) is 1.77. The van der Waals surface area contributed by atoms with Crippen molar-refractivity contribution in [2.24, 2.45) is 5.73 Å². The summed E-state index contributed by atoms with van der Waals surface area (Å²) in [5, 5.41) is 5.84. The van der Waals surface area contributed by atoms with Crippen molar-refractivity contribution in [1.82, 2.24) is 10.3 Å². The number of nitrogens with two attached hydrogens (primary N) is 1. The third-order valence-corrected chi connectivity index (χ3v) is 4.18. The van der Waals surface area contributed by atoms with E-state index in [2.05, 4.69) is 10.3 Å². The van der Waals surface area contributed by atoms with Crippen LogP contribution in [0.25, 0.3) is 0 Å². The van der Waals surface area contributed by atoms with Crippen LogP contribution in [0.1, 0.15) is 35.0 Å². The van der Waals surface area contributed by atoms with E-state index in [9.17, 15) is 4.79 Å². The quantitative estimate of drug-likeness (QED) is 0.888. The lowest BCUT2D eigenvalue weighted by atomic mass is 10.1. The zero-order valence-electron chi connectivity index (χ0n) is 11.7. The molecule has 106 valence electrons. The highest BCUT2D eigenvalue weighted by Gasteiger charge is 2.17. The van der Waals surface area contributed by atoms with E-state index in [4.69, 9.17) is 5.73 Å². The van der Waals surface area contributed by atoms with Gasteiger partial charge in [-0.3, -0.25) is 4.79 Å². The minimum absolute atomic E-state index is 0.155. The number of hydrogen-bond donors (Lipinski definition) is 2. The van der Waals surface area contributed by atoms with Gasteiger partial charge in [0.15, 0.2) is 0 Å². The maximum Gasteiger partial charge on any atom is 0.241 e. The van der Waals surface area contributed by atoms with Gasteiger partial charge in [-0.25, -0.2) is 4.98 Å². The second-order valence-corrected chi connectivity index (χ2v) is 5.83. The minimum Gasteiger partial charge on any atom is -0.354 e. The highest BCUT2D eigenvalue weighted by atomic mass is 32.1. The Hall–Kier alpha value is -1.72. The smallest absolute Gasteiger partial charge is 0.241 e. The fraction of sp³-hybridized carbons (Fsp3) is 0.333. The third-order valence-electron chi connectivity index (χ3n) is 3.17. The molecule has 2 aromatic rings. The van der Waals surface area contributed by atoms with Crippen molar-refractivity contribution in [3.05, 3.63) is 52.0 Å². The summed E-state index contributed by atoms with van der Waals surface area (Å²) < 4.78 is 0. The normalized spacial score (nSPS) is 13.8. The van der Waals surface area contributed by atoms with Crippen molar-refractivity contribution < 1.29 is 4.79 Å². The highest BCUT2D eigenvalue weighted by Crippen LogP contribution is 2.17. The van der Waals surface area contributed by atoms with Crippen LogP contribution in [0.5, 0.6) is 0 Å². The molecule has 2 atom stereocenters. The number of aromatic nitrogens is 1. The molecule has 3 N–H and O–H groups in total. The van der Waals surface area contributed by atoms with Gasteiger partial charge in [0.2, 0.25) is 5.91 Å². The minimum atomic E-state index is -0.626. The summed E-state index contributed by atoms with van der Waals surface area (Å²) >= 11 is 1.60. The second kappa shape index (κ2) is 6.63. The van der Waals surface area contributed by atoms with Crippen molar-refractivity contribution >= 4 is 17.2 Å². The molecule has 0 aliphatic heterocycles. The number of aryl methyl sites for hydroxylation is 1. The van der Waals surface area contributed by atoms with E-state index >= 15 is 0 Å². The average Bonchev–Trinajstić information content (AvgIpc) is 2.98. The first-order valence-corrected chi connectivity index (χ1v) is 7.45.